The molecule has 120 valence electrons. The number of phenolic OH excluding ortho intramolecular Hbond substituents is 1. The summed E-state index contributed by atoms with van der Waals surface area (Å²) in [6, 6.07) is 7.28. The smallest absolute Gasteiger partial charge is 0.276 e. The summed E-state index contributed by atoms with van der Waals surface area (Å²) < 4.78 is 36.5. The molecule has 0 aliphatic heterocycles. The summed E-state index contributed by atoms with van der Waals surface area (Å²) in [4.78, 5) is 11.6. The number of rotatable bonds is 5. The zero-order chi connectivity index (χ0) is 17.0. The highest BCUT2D eigenvalue weighted by atomic mass is 32.2. The molecule has 2 aromatic rings. The van der Waals surface area contributed by atoms with E-state index in [-0.39, 0.29) is 21.9 Å². The van der Waals surface area contributed by atoms with E-state index in [1.165, 1.54) is 0 Å². The molecular formula is C13H10FN3O5S. The Bertz CT molecular complexity index is 866. The Morgan fingerprint density at radius 1 is 1.22 bits per heavy atom. The number of non-ortho nitro benzene ring substituents is 1. The van der Waals surface area contributed by atoms with Crippen LogP contribution in [0.15, 0.2) is 52.5 Å². The predicted molar refractivity (Wildman–Crippen MR) is 79.1 cm³/mol. The van der Waals surface area contributed by atoms with Crippen LogP contribution in [0.2, 0.25) is 0 Å². The zero-order valence-electron chi connectivity index (χ0n) is 11.4. The van der Waals surface area contributed by atoms with Gasteiger partial charge in [-0.3, -0.25) is 10.1 Å². The summed E-state index contributed by atoms with van der Waals surface area (Å²) in [6.45, 7) is 0. The van der Waals surface area contributed by atoms with E-state index >= 15 is 0 Å². The van der Waals surface area contributed by atoms with Gasteiger partial charge in [-0.25, -0.2) is 9.22 Å². The second-order valence-electron chi connectivity index (χ2n) is 4.31. The molecule has 0 saturated heterocycles. The number of hydrogen-bond acceptors (Lipinski definition) is 6. The molecule has 2 rings (SSSR count). The SMILES string of the molecule is O=[N+]([O-])c1ccc(O)c(/C=N\NS(=O)(=O)c2ccc(F)cc2)c1. The molecule has 10 heteroatoms. The first-order valence-corrected chi connectivity index (χ1v) is 7.56. The summed E-state index contributed by atoms with van der Waals surface area (Å²) in [7, 11) is -4.02. The van der Waals surface area contributed by atoms with E-state index in [2.05, 4.69) is 5.10 Å². The lowest BCUT2D eigenvalue weighted by atomic mass is 10.2. The Morgan fingerprint density at radius 3 is 2.48 bits per heavy atom. The molecule has 0 aromatic heterocycles. The van der Waals surface area contributed by atoms with Crippen LogP contribution in [0.1, 0.15) is 5.56 Å². The number of benzene rings is 2. The summed E-state index contributed by atoms with van der Waals surface area (Å²) in [6.07, 6.45) is 0.920. The second-order valence-corrected chi connectivity index (χ2v) is 5.97. The van der Waals surface area contributed by atoms with Gasteiger partial charge in [0.2, 0.25) is 0 Å². The van der Waals surface area contributed by atoms with Crippen LogP contribution in [0.25, 0.3) is 0 Å². The Morgan fingerprint density at radius 2 is 1.87 bits per heavy atom. The Kier molecular flexibility index (Phi) is 4.55. The van der Waals surface area contributed by atoms with Crippen molar-refractivity contribution in [3.8, 4) is 5.75 Å². The lowest BCUT2D eigenvalue weighted by Crippen LogP contribution is -2.18. The number of hydrazone groups is 1. The van der Waals surface area contributed by atoms with Crippen LogP contribution in [-0.4, -0.2) is 24.7 Å². The van der Waals surface area contributed by atoms with Gasteiger partial charge >= 0.3 is 0 Å². The first kappa shape index (κ1) is 16.4. The fourth-order valence-electron chi connectivity index (χ4n) is 1.59. The first-order valence-electron chi connectivity index (χ1n) is 6.07. The number of nitro groups is 1. The predicted octanol–water partition coefficient (Wildman–Crippen LogP) is 1.75. The second kappa shape index (κ2) is 6.40. The molecule has 0 atom stereocenters. The van der Waals surface area contributed by atoms with Gasteiger partial charge < -0.3 is 5.11 Å². The number of aromatic hydroxyl groups is 1. The monoisotopic (exact) mass is 339 g/mol. The molecule has 0 heterocycles. The highest BCUT2D eigenvalue weighted by molar-refractivity contribution is 7.89. The van der Waals surface area contributed by atoms with Crippen molar-refractivity contribution in [1.29, 1.82) is 0 Å². The maximum atomic E-state index is 12.8. The van der Waals surface area contributed by atoms with Gasteiger partial charge in [0.15, 0.2) is 0 Å². The number of hydrogen-bond donors (Lipinski definition) is 2. The minimum absolute atomic E-state index is 0.0407. The van der Waals surface area contributed by atoms with E-state index in [9.17, 15) is 28.0 Å². The van der Waals surface area contributed by atoms with Gasteiger partial charge in [-0.05, 0) is 30.3 Å². The molecule has 0 aliphatic rings. The lowest BCUT2D eigenvalue weighted by molar-refractivity contribution is -0.384. The maximum Gasteiger partial charge on any atom is 0.276 e. The summed E-state index contributed by atoms with van der Waals surface area (Å²) >= 11 is 0. The van der Waals surface area contributed by atoms with Crippen molar-refractivity contribution in [2.24, 2.45) is 5.10 Å². The minimum Gasteiger partial charge on any atom is -0.507 e. The fourth-order valence-corrected chi connectivity index (χ4v) is 2.38. The highest BCUT2D eigenvalue weighted by Gasteiger charge is 2.13. The Labute approximate surface area is 130 Å². The molecule has 2 aromatic carbocycles. The third-order valence-electron chi connectivity index (χ3n) is 2.72. The number of nitrogens with zero attached hydrogens (tertiary/aromatic N) is 2. The Balaban J connectivity index is 2.19. The van der Waals surface area contributed by atoms with Gasteiger partial charge in [0.25, 0.3) is 15.7 Å². The van der Waals surface area contributed by atoms with E-state index in [4.69, 9.17) is 0 Å². The van der Waals surface area contributed by atoms with Gasteiger partial charge in [-0.15, -0.1) is 0 Å². The van der Waals surface area contributed by atoms with Crippen LogP contribution in [0.4, 0.5) is 10.1 Å². The maximum absolute atomic E-state index is 12.8. The fraction of sp³-hybridized carbons (Fsp3) is 0. The molecule has 8 nitrogen and oxygen atoms in total. The molecule has 0 saturated carbocycles. The average molecular weight is 339 g/mol. The molecular weight excluding hydrogens is 329 g/mol. The average Bonchev–Trinajstić information content (AvgIpc) is 2.49. The topological polar surface area (TPSA) is 122 Å². The van der Waals surface area contributed by atoms with Crippen molar-refractivity contribution in [3.05, 3.63) is 64.0 Å². The first-order chi connectivity index (χ1) is 10.8. The third-order valence-corrected chi connectivity index (χ3v) is 3.96. The van der Waals surface area contributed by atoms with Gasteiger partial charge in [-0.1, -0.05) is 0 Å². The largest absolute Gasteiger partial charge is 0.507 e. The summed E-state index contributed by atoms with van der Waals surface area (Å²) in [5.41, 5.74) is -0.327. The molecule has 0 aliphatic carbocycles. The quantitative estimate of drug-likeness (QED) is 0.488. The molecule has 0 spiro atoms. The van der Waals surface area contributed by atoms with Crippen LogP contribution in [0.3, 0.4) is 0 Å². The van der Waals surface area contributed by atoms with Gasteiger partial charge in [0.05, 0.1) is 16.0 Å². The van der Waals surface area contributed by atoms with Crippen molar-refractivity contribution in [3.63, 3.8) is 0 Å². The molecule has 0 bridgehead atoms. The van der Waals surface area contributed by atoms with Gasteiger partial charge in [0, 0.05) is 17.7 Å². The van der Waals surface area contributed by atoms with Gasteiger partial charge in [0.1, 0.15) is 11.6 Å². The number of sulfonamides is 1. The van der Waals surface area contributed by atoms with Crippen LogP contribution >= 0.6 is 0 Å². The third kappa shape index (κ3) is 4.01. The van der Waals surface area contributed by atoms with E-state index in [1.807, 2.05) is 4.83 Å². The van der Waals surface area contributed by atoms with Crippen molar-refractivity contribution in [1.82, 2.24) is 4.83 Å². The highest BCUT2D eigenvalue weighted by Crippen LogP contribution is 2.21. The normalized spacial score (nSPS) is 11.5. The van der Waals surface area contributed by atoms with E-state index in [1.54, 1.807) is 0 Å². The molecule has 0 fully saturated rings. The molecule has 0 unspecified atom stereocenters. The van der Waals surface area contributed by atoms with Crippen LogP contribution in [0, 0.1) is 15.9 Å². The summed E-state index contributed by atoms with van der Waals surface area (Å²) in [5.74, 6) is -0.894. The zero-order valence-corrected chi connectivity index (χ0v) is 12.2. The van der Waals surface area contributed by atoms with Crippen LogP contribution in [-0.2, 0) is 10.0 Å². The van der Waals surface area contributed by atoms with Crippen LogP contribution < -0.4 is 4.83 Å². The molecule has 0 amide bonds. The van der Waals surface area contributed by atoms with Crippen molar-refractivity contribution in [2.75, 3.05) is 0 Å². The van der Waals surface area contributed by atoms with Crippen molar-refractivity contribution in [2.45, 2.75) is 4.90 Å². The van der Waals surface area contributed by atoms with E-state index in [0.717, 1.165) is 48.7 Å². The molecule has 23 heavy (non-hydrogen) atoms. The summed E-state index contributed by atoms with van der Waals surface area (Å²) in [5, 5.41) is 23.6. The number of halogens is 1. The molecule has 0 radical (unpaired) electrons. The van der Waals surface area contributed by atoms with E-state index in [0.29, 0.717) is 0 Å². The lowest BCUT2D eigenvalue weighted by Gasteiger charge is -2.03. The van der Waals surface area contributed by atoms with Crippen LogP contribution in [0.5, 0.6) is 5.75 Å². The minimum atomic E-state index is -4.02. The standard InChI is InChI=1S/C13H10FN3O5S/c14-10-1-4-12(5-2-10)23(21,22)16-15-8-9-7-11(17(19)20)3-6-13(9)18/h1-8,16,18H/b15-8-. The van der Waals surface area contributed by atoms with E-state index < -0.39 is 20.8 Å². The molecule has 2 N–H and O–H groups in total. The van der Waals surface area contributed by atoms with Gasteiger partial charge in [-0.2, -0.15) is 13.5 Å². The van der Waals surface area contributed by atoms with Crippen molar-refractivity contribution < 1.29 is 22.8 Å². The van der Waals surface area contributed by atoms with Crippen molar-refractivity contribution >= 4 is 21.9 Å². The Hall–Kier alpha value is -3.01. The number of phenols is 1. The number of nitrogens with one attached hydrogen (secondary N) is 1. The number of nitro benzene ring substituents is 1.